The predicted molar refractivity (Wildman–Crippen MR) is 63.9 cm³/mol. The van der Waals surface area contributed by atoms with Gasteiger partial charge in [-0.25, -0.2) is 13.6 Å². The highest BCUT2D eigenvalue weighted by atomic mass is 19.2. The molecule has 0 amide bonds. The summed E-state index contributed by atoms with van der Waals surface area (Å²) >= 11 is 0. The summed E-state index contributed by atoms with van der Waals surface area (Å²) in [6.07, 6.45) is 1.06. The molecule has 0 unspecified atom stereocenters. The molecule has 0 fully saturated rings. The van der Waals surface area contributed by atoms with E-state index >= 15 is 0 Å². The lowest BCUT2D eigenvalue weighted by Crippen LogP contribution is -2.16. The van der Waals surface area contributed by atoms with Crippen molar-refractivity contribution >= 4 is 5.97 Å². The van der Waals surface area contributed by atoms with Crippen LogP contribution in [0.5, 0.6) is 5.75 Å². The number of rotatable bonds is 7. The second-order valence-electron chi connectivity index (χ2n) is 3.57. The van der Waals surface area contributed by atoms with E-state index in [0.29, 0.717) is 0 Å². The maximum Gasteiger partial charge on any atom is 0.344 e. The van der Waals surface area contributed by atoms with Crippen molar-refractivity contribution < 1.29 is 36.6 Å². The Morgan fingerprint density at radius 3 is 2.14 bits per heavy atom. The van der Waals surface area contributed by atoms with E-state index in [-0.39, 0.29) is 19.8 Å². The van der Waals surface area contributed by atoms with Crippen molar-refractivity contribution in [2.24, 2.45) is 0 Å². The van der Waals surface area contributed by atoms with Gasteiger partial charge in [-0.15, -0.1) is 0 Å². The van der Waals surface area contributed by atoms with Crippen molar-refractivity contribution in [1.82, 2.24) is 0 Å². The van der Waals surface area contributed by atoms with E-state index < -0.39 is 40.6 Å². The SMILES string of the molecule is C=COCCOc1c(F)c(F)c(C(=O)OCC)c(F)c1F. The van der Waals surface area contributed by atoms with Crippen molar-refractivity contribution in [3.63, 3.8) is 0 Å². The monoisotopic (exact) mass is 308 g/mol. The maximum atomic E-state index is 13.6. The van der Waals surface area contributed by atoms with Gasteiger partial charge in [-0.3, -0.25) is 0 Å². The normalized spacial score (nSPS) is 10.1. The largest absolute Gasteiger partial charge is 0.498 e. The van der Waals surface area contributed by atoms with Crippen LogP contribution < -0.4 is 4.74 Å². The Hall–Kier alpha value is -2.25. The molecular weight excluding hydrogens is 296 g/mol. The van der Waals surface area contributed by atoms with Crippen LogP contribution in [-0.2, 0) is 9.47 Å². The minimum Gasteiger partial charge on any atom is -0.498 e. The summed E-state index contributed by atoms with van der Waals surface area (Å²) < 4.78 is 68.1. The molecule has 1 aromatic carbocycles. The van der Waals surface area contributed by atoms with Crippen molar-refractivity contribution in [1.29, 1.82) is 0 Å². The van der Waals surface area contributed by atoms with Gasteiger partial charge >= 0.3 is 5.97 Å². The highest BCUT2D eigenvalue weighted by Crippen LogP contribution is 2.30. The zero-order valence-corrected chi connectivity index (χ0v) is 11.1. The summed E-state index contributed by atoms with van der Waals surface area (Å²) in [7, 11) is 0. The molecule has 1 aromatic rings. The topological polar surface area (TPSA) is 44.8 Å². The molecule has 0 aliphatic carbocycles. The quantitative estimate of drug-likeness (QED) is 0.255. The minimum atomic E-state index is -1.88. The first-order valence-electron chi connectivity index (χ1n) is 5.84. The van der Waals surface area contributed by atoms with Gasteiger partial charge in [-0.1, -0.05) is 6.58 Å². The molecule has 0 saturated carbocycles. The van der Waals surface area contributed by atoms with Crippen molar-refractivity contribution in [3.8, 4) is 5.75 Å². The third-order valence-electron chi connectivity index (χ3n) is 2.27. The molecule has 0 bridgehead atoms. The number of benzene rings is 1. The Morgan fingerprint density at radius 1 is 1.10 bits per heavy atom. The van der Waals surface area contributed by atoms with Crippen LogP contribution in [0.1, 0.15) is 17.3 Å². The Kier molecular flexibility index (Phi) is 6.01. The lowest BCUT2D eigenvalue weighted by Gasteiger charge is -2.12. The summed E-state index contributed by atoms with van der Waals surface area (Å²) in [5, 5.41) is 0. The molecule has 4 nitrogen and oxygen atoms in total. The molecule has 0 atom stereocenters. The highest BCUT2D eigenvalue weighted by Gasteiger charge is 2.31. The first-order chi connectivity index (χ1) is 9.95. The predicted octanol–water partition coefficient (Wildman–Crippen LogP) is 2.96. The fourth-order valence-electron chi connectivity index (χ4n) is 1.40. The second-order valence-corrected chi connectivity index (χ2v) is 3.57. The van der Waals surface area contributed by atoms with E-state index in [9.17, 15) is 22.4 Å². The lowest BCUT2D eigenvalue weighted by molar-refractivity contribution is 0.0511. The van der Waals surface area contributed by atoms with Crippen LogP contribution in [0.4, 0.5) is 17.6 Å². The Balaban J connectivity index is 3.14. The molecule has 1 rings (SSSR count). The summed E-state index contributed by atoms with van der Waals surface area (Å²) in [6, 6.07) is 0. The van der Waals surface area contributed by atoms with Crippen LogP contribution in [-0.4, -0.2) is 25.8 Å². The van der Waals surface area contributed by atoms with Gasteiger partial charge < -0.3 is 14.2 Å². The molecule has 116 valence electrons. The third-order valence-corrected chi connectivity index (χ3v) is 2.27. The molecule has 0 N–H and O–H groups in total. The van der Waals surface area contributed by atoms with Crippen LogP contribution in [0.2, 0.25) is 0 Å². The molecule has 21 heavy (non-hydrogen) atoms. The van der Waals surface area contributed by atoms with E-state index in [2.05, 4.69) is 20.8 Å². The average Bonchev–Trinajstić information content (AvgIpc) is 2.45. The average molecular weight is 308 g/mol. The smallest absolute Gasteiger partial charge is 0.344 e. The van der Waals surface area contributed by atoms with Crippen LogP contribution in [0.15, 0.2) is 12.8 Å². The first kappa shape index (κ1) is 16.8. The van der Waals surface area contributed by atoms with E-state index in [1.807, 2.05) is 0 Å². The van der Waals surface area contributed by atoms with Gasteiger partial charge in [0.2, 0.25) is 11.6 Å². The van der Waals surface area contributed by atoms with Gasteiger partial charge in [-0.2, -0.15) is 8.78 Å². The van der Waals surface area contributed by atoms with Gasteiger partial charge in [0.1, 0.15) is 18.8 Å². The molecule has 0 aromatic heterocycles. The van der Waals surface area contributed by atoms with Crippen LogP contribution >= 0.6 is 0 Å². The summed E-state index contributed by atoms with van der Waals surface area (Å²) in [6.45, 7) is 3.87. The lowest BCUT2D eigenvalue weighted by atomic mass is 10.1. The molecule has 0 saturated heterocycles. The number of esters is 1. The molecule has 0 aliphatic rings. The zero-order valence-electron chi connectivity index (χ0n) is 11.1. The number of ether oxygens (including phenoxy) is 3. The number of carbonyl (C=O) groups is 1. The van der Waals surface area contributed by atoms with Crippen LogP contribution in [0, 0.1) is 23.3 Å². The van der Waals surface area contributed by atoms with Gasteiger partial charge in [0.05, 0.1) is 12.9 Å². The fraction of sp³-hybridized carbons (Fsp3) is 0.308. The molecule has 8 heteroatoms. The molecule has 0 radical (unpaired) electrons. The van der Waals surface area contributed by atoms with Gasteiger partial charge in [0.15, 0.2) is 17.4 Å². The Morgan fingerprint density at radius 2 is 1.67 bits per heavy atom. The minimum absolute atomic E-state index is 0.134. The van der Waals surface area contributed by atoms with E-state index in [1.165, 1.54) is 6.92 Å². The number of carbonyl (C=O) groups excluding carboxylic acids is 1. The van der Waals surface area contributed by atoms with E-state index in [1.54, 1.807) is 0 Å². The van der Waals surface area contributed by atoms with Gasteiger partial charge in [-0.05, 0) is 6.92 Å². The number of hydrogen-bond acceptors (Lipinski definition) is 4. The van der Waals surface area contributed by atoms with Gasteiger partial charge in [0, 0.05) is 0 Å². The zero-order chi connectivity index (χ0) is 16.0. The summed E-state index contributed by atoms with van der Waals surface area (Å²) in [4.78, 5) is 11.3. The number of hydrogen-bond donors (Lipinski definition) is 0. The molecular formula is C13H12F4O4. The molecule has 0 aliphatic heterocycles. The van der Waals surface area contributed by atoms with E-state index in [4.69, 9.17) is 0 Å². The van der Waals surface area contributed by atoms with Crippen molar-refractivity contribution in [2.75, 3.05) is 19.8 Å². The van der Waals surface area contributed by atoms with Crippen molar-refractivity contribution in [2.45, 2.75) is 6.92 Å². The summed E-state index contributed by atoms with van der Waals surface area (Å²) in [5.41, 5.74) is -1.44. The van der Waals surface area contributed by atoms with Crippen LogP contribution in [0.3, 0.4) is 0 Å². The fourth-order valence-corrected chi connectivity index (χ4v) is 1.40. The van der Waals surface area contributed by atoms with Crippen molar-refractivity contribution in [3.05, 3.63) is 41.7 Å². The second kappa shape index (κ2) is 7.51. The Labute approximate surface area is 117 Å². The first-order valence-corrected chi connectivity index (χ1v) is 5.84. The highest BCUT2D eigenvalue weighted by molar-refractivity contribution is 5.90. The standard InChI is InChI=1S/C13H12F4O4/c1-3-19-5-6-21-12-10(16)8(14)7(9(15)11(12)17)13(18)20-4-2/h3H,1,4-6H2,2H3. The maximum absolute atomic E-state index is 13.6. The number of halogens is 4. The molecule has 0 spiro atoms. The third kappa shape index (κ3) is 3.65. The van der Waals surface area contributed by atoms with Crippen LogP contribution in [0.25, 0.3) is 0 Å². The van der Waals surface area contributed by atoms with E-state index in [0.717, 1.165) is 6.26 Å². The summed E-state index contributed by atoms with van der Waals surface area (Å²) in [5.74, 6) is -10.2. The van der Waals surface area contributed by atoms with Gasteiger partial charge in [0.25, 0.3) is 0 Å². The molecule has 0 heterocycles. The Bertz CT molecular complexity index is 516.